The van der Waals surface area contributed by atoms with Gasteiger partial charge in [0.05, 0.1) is 12.5 Å². The molecule has 2 N–H and O–H groups in total. The summed E-state index contributed by atoms with van der Waals surface area (Å²) in [5.74, 6) is -0.761. The third-order valence-corrected chi connectivity index (χ3v) is 4.88. The van der Waals surface area contributed by atoms with Crippen LogP contribution in [0.4, 0.5) is 0 Å². The Morgan fingerprint density at radius 2 is 1.71 bits per heavy atom. The van der Waals surface area contributed by atoms with Gasteiger partial charge in [0, 0.05) is 37.7 Å². The molecule has 2 aromatic rings. The van der Waals surface area contributed by atoms with Gasteiger partial charge in [0.2, 0.25) is 5.91 Å². The lowest BCUT2D eigenvalue weighted by molar-refractivity contribution is -0.132. The van der Waals surface area contributed by atoms with Gasteiger partial charge in [-0.2, -0.15) is 0 Å². The van der Waals surface area contributed by atoms with Gasteiger partial charge in [-0.25, -0.2) is 5.48 Å². The Bertz CT molecular complexity index is 791. The number of ether oxygens (including phenoxy) is 1. The lowest BCUT2D eigenvalue weighted by Crippen LogP contribution is -2.31. The summed E-state index contributed by atoms with van der Waals surface area (Å²) in [6.45, 7) is 0. The van der Waals surface area contributed by atoms with E-state index in [9.17, 15) is 9.59 Å². The molecule has 0 aliphatic rings. The van der Waals surface area contributed by atoms with E-state index >= 15 is 0 Å². The second kappa shape index (κ2) is 10.2. The van der Waals surface area contributed by atoms with Crippen molar-refractivity contribution in [3.05, 3.63) is 70.2 Å². The van der Waals surface area contributed by atoms with Crippen molar-refractivity contribution in [3.63, 3.8) is 0 Å². The summed E-state index contributed by atoms with van der Waals surface area (Å²) in [6, 6.07) is 14.8. The van der Waals surface area contributed by atoms with Gasteiger partial charge in [0.1, 0.15) is 0 Å². The van der Waals surface area contributed by atoms with E-state index in [1.165, 1.54) is 12.0 Å². The first kappa shape index (κ1) is 21.9. The SMILES string of the molecule is COC(CC(=O)NO)C(Cc1ccc(Cl)cc1)c1ccc(C(=O)N(C)C)cc1. The molecule has 150 valence electrons. The number of methoxy groups -OCH3 is 1. The van der Waals surface area contributed by atoms with Crippen LogP contribution in [0.2, 0.25) is 5.02 Å². The van der Waals surface area contributed by atoms with E-state index in [4.69, 9.17) is 21.5 Å². The van der Waals surface area contributed by atoms with Crippen LogP contribution in [0.25, 0.3) is 0 Å². The van der Waals surface area contributed by atoms with Crippen molar-refractivity contribution in [2.24, 2.45) is 0 Å². The average molecular weight is 405 g/mol. The zero-order valence-electron chi connectivity index (χ0n) is 16.2. The highest BCUT2D eigenvalue weighted by Gasteiger charge is 2.26. The standard InChI is InChI=1S/C21H25ClN2O4/c1-24(2)21(26)16-8-6-15(7-9-16)18(19(28-3)13-20(25)23-27)12-14-4-10-17(22)11-5-14/h4-11,18-19,27H,12-13H2,1-3H3,(H,23,25). The summed E-state index contributed by atoms with van der Waals surface area (Å²) in [5.41, 5.74) is 4.21. The van der Waals surface area contributed by atoms with Gasteiger partial charge in [-0.05, 0) is 41.8 Å². The predicted molar refractivity (Wildman–Crippen MR) is 108 cm³/mol. The number of hydrogen-bond acceptors (Lipinski definition) is 4. The molecular formula is C21H25ClN2O4. The molecule has 7 heteroatoms. The van der Waals surface area contributed by atoms with Crippen molar-refractivity contribution in [1.29, 1.82) is 0 Å². The summed E-state index contributed by atoms with van der Waals surface area (Å²) in [7, 11) is 4.94. The van der Waals surface area contributed by atoms with E-state index in [0.717, 1.165) is 11.1 Å². The summed E-state index contributed by atoms with van der Waals surface area (Å²) in [4.78, 5) is 25.4. The maximum atomic E-state index is 12.1. The van der Waals surface area contributed by atoms with E-state index in [1.54, 1.807) is 31.7 Å². The molecule has 0 aliphatic heterocycles. The maximum absolute atomic E-state index is 12.1. The maximum Gasteiger partial charge on any atom is 0.253 e. The van der Waals surface area contributed by atoms with Crippen molar-refractivity contribution in [3.8, 4) is 0 Å². The quantitative estimate of drug-likeness (QED) is 0.522. The smallest absolute Gasteiger partial charge is 0.253 e. The molecule has 0 fully saturated rings. The van der Waals surface area contributed by atoms with Crippen LogP contribution < -0.4 is 5.48 Å². The Labute approximate surface area is 170 Å². The molecular weight excluding hydrogens is 380 g/mol. The molecule has 0 bridgehead atoms. The number of hydrogen-bond donors (Lipinski definition) is 2. The molecule has 0 saturated carbocycles. The van der Waals surface area contributed by atoms with Crippen LogP contribution in [-0.2, 0) is 16.0 Å². The number of carbonyl (C=O) groups is 2. The number of rotatable bonds is 8. The van der Waals surface area contributed by atoms with E-state index < -0.39 is 12.0 Å². The van der Waals surface area contributed by atoms with Crippen LogP contribution in [0, 0.1) is 0 Å². The van der Waals surface area contributed by atoms with Gasteiger partial charge in [-0.3, -0.25) is 14.8 Å². The normalized spacial score (nSPS) is 12.9. The van der Waals surface area contributed by atoms with Crippen molar-refractivity contribution in [2.45, 2.75) is 24.9 Å². The van der Waals surface area contributed by atoms with Gasteiger partial charge in [-0.15, -0.1) is 0 Å². The van der Waals surface area contributed by atoms with Crippen molar-refractivity contribution in [1.82, 2.24) is 10.4 Å². The van der Waals surface area contributed by atoms with Crippen molar-refractivity contribution in [2.75, 3.05) is 21.2 Å². The molecule has 2 unspecified atom stereocenters. The zero-order valence-corrected chi connectivity index (χ0v) is 16.9. The molecule has 0 saturated heterocycles. The fraction of sp³-hybridized carbons (Fsp3) is 0.333. The van der Waals surface area contributed by atoms with E-state index in [1.807, 2.05) is 36.4 Å². The van der Waals surface area contributed by atoms with Crippen LogP contribution in [0.5, 0.6) is 0 Å². The van der Waals surface area contributed by atoms with Gasteiger partial charge in [0.15, 0.2) is 0 Å². The highest BCUT2D eigenvalue weighted by atomic mass is 35.5. The summed E-state index contributed by atoms with van der Waals surface area (Å²) < 4.78 is 5.58. The lowest BCUT2D eigenvalue weighted by Gasteiger charge is -2.26. The Morgan fingerprint density at radius 3 is 2.21 bits per heavy atom. The topological polar surface area (TPSA) is 78.9 Å². The Morgan fingerprint density at radius 1 is 1.11 bits per heavy atom. The molecule has 2 atom stereocenters. The third-order valence-electron chi connectivity index (χ3n) is 4.62. The molecule has 28 heavy (non-hydrogen) atoms. The first-order valence-electron chi connectivity index (χ1n) is 8.87. The summed E-state index contributed by atoms with van der Waals surface area (Å²) in [5, 5.41) is 9.54. The average Bonchev–Trinajstić information content (AvgIpc) is 2.71. The number of amides is 2. The molecule has 0 aliphatic carbocycles. The van der Waals surface area contributed by atoms with Crippen LogP contribution in [0.3, 0.4) is 0 Å². The largest absolute Gasteiger partial charge is 0.380 e. The highest BCUT2D eigenvalue weighted by Crippen LogP contribution is 2.29. The second-order valence-electron chi connectivity index (χ2n) is 6.77. The van der Waals surface area contributed by atoms with Crippen LogP contribution in [0.1, 0.15) is 33.8 Å². The molecule has 0 radical (unpaired) electrons. The fourth-order valence-electron chi connectivity index (χ4n) is 3.09. The van der Waals surface area contributed by atoms with Gasteiger partial charge >= 0.3 is 0 Å². The molecule has 2 amide bonds. The minimum absolute atomic E-state index is 0.00361. The Balaban J connectivity index is 2.34. The lowest BCUT2D eigenvalue weighted by atomic mass is 9.85. The molecule has 0 heterocycles. The first-order valence-corrected chi connectivity index (χ1v) is 9.25. The van der Waals surface area contributed by atoms with Crippen LogP contribution in [0.15, 0.2) is 48.5 Å². The Kier molecular flexibility index (Phi) is 7.99. The van der Waals surface area contributed by atoms with Crippen LogP contribution >= 0.6 is 11.6 Å². The minimum atomic E-state index is -0.521. The zero-order chi connectivity index (χ0) is 20.7. The minimum Gasteiger partial charge on any atom is -0.380 e. The van der Waals surface area contributed by atoms with Crippen molar-refractivity contribution >= 4 is 23.4 Å². The van der Waals surface area contributed by atoms with E-state index in [2.05, 4.69) is 0 Å². The van der Waals surface area contributed by atoms with Gasteiger partial charge in [-0.1, -0.05) is 35.9 Å². The Hall–Kier alpha value is -2.41. The summed E-state index contributed by atoms with van der Waals surface area (Å²) in [6.07, 6.45) is 0.150. The fourth-order valence-corrected chi connectivity index (χ4v) is 3.21. The monoisotopic (exact) mass is 404 g/mol. The molecule has 2 rings (SSSR count). The number of hydroxylamine groups is 1. The molecule has 6 nitrogen and oxygen atoms in total. The first-order chi connectivity index (χ1) is 13.3. The van der Waals surface area contributed by atoms with Crippen molar-refractivity contribution < 1.29 is 19.5 Å². The van der Waals surface area contributed by atoms with Gasteiger partial charge in [0.25, 0.3) is 5.91 Å². The van der Waals surface area contributed by atoms with E-state index in [0.29, 0.717) is 17.0 Å². The number of nitrogens with zero attached hydrogens (tertiary/aromatic N) is 1. The summed E-state index contributed by atoms with van der Waals surface area (Å²) >= 11 is 5.97. The number of carbonyl (C=O) groups excluding carboxylic acids is 2. The predicted octanol–water partition coefficient (Wildman–Crippen LogP) is 3.28. The molecule has 0 spiro atoms. The highest BCUT2D eigenvalue weighted by molar-refractivity contribution is 6.30. The second-order valence-corrected chi connectivity index (χ2v) is 7.21. The number of halogens is 1. The van der Waals surface area contributed by atoms with Crippen LogP contribution in [-0.4, -0.2) is 49.2 Å². The molecule has 2 aromatic carbocycles. The number of nitrogens with one attached hydrogen (secondary N) is 1. The van der Waals surface area contributed by atoms with Gasteiger partial charge < -0.3 is 9.64 Å². The van der Waals surface area contributed by atoms with E-state index in [-0.39, 0.29) is 18.2 Å². The third kappa shape index (κ3) is 5.79. The number of benzene rings is 2. The molecule has 0 aromatic heterocycles.